The van der Waals surface area contributed by atoms with Crippen LogP contribution in [-0.2, 0) is 17.9 Å². The Labute approximate surface area is 128 Å². The Kier molecular flexibility index (Phi) is 4.96. The largest absolute Gasteiger partial charge is 0.331 e. The van der Waals surface area contributed by atoms with Crippen molar-refractivity contribution in [1.82, 2.24) is 10.2 Å². The van der Waals surface area contributed by atoms with Crippen molar-refractivity contribution in [3.63, 3.8) is 0 Å². The molecule has 0 aliphatic carbocycles. The van der Waals surface area contributed by atoms with Gasteiger partial charge in [-0.15, -0.1) is 22.7 Å². The third-order valence-electron chi connectivity index (χ3n) is 3.30. The standard InChI is InChI=1S/C15H20N2OS2/c1-15(2,16-3)14(18)17(10-12-6-4-8-19-12)11-13-7-5-9-20-13/h4-9,16H,10-11H2,1-3H3. The van der Waals surface area contributed by atoms with Gasteiger partial charge in [-0.3, -0.25) is 4.79 Å². The topological polar surface area (TPSA) is 32.3 Å². The van der Waals surface area contributed by atoms with Crippen LogP contribution >= 0.6 is 22.7 Å². The Morgan fingerprint density at radius 3 is 2.00 bits per heavy atom. The van der Waals surface area contributed by atoms with Gasteiger partial charge in [0.1, 0.15) is 0 Å². The average molecular weight is 308 g/mol. The van der Waals surface area contributed by atoms with Gasteiger partial charge in [0.15, 0.2) is 0 Å². The SMILES string of the molecule is CNC(C)(C)C(=O)N(Cc1cccs1)Cc1cccs1. The average Bonchev–Trinajstić information content (AvgIpc) is 3.10. The summed E-state index contributed by atoms with van der Waals surface area (Å²) in [6.07, 6.45) is 0. The van der Waals surface area contributed by atoms with Crippen LogP contribution in [0.5, 0.6) is 0 Å². The highest BCUT2D eigenvalue weighted by molar-refractivity contribution is 7.10. The van der Waals surface area contributed by atoms with E-state index in [9.17, 15) is 4.79 Å². The van der Waals surface area contributed by atoms with E-state index in [1.807, 2.05) is 48.7 Å². The van der Waals surface area contributed by atoms with Gasteiger partial charge in [0.2, 0.25) is 5.91 Å². The minimum atomic E-state index is -0.547. The van der Waals surface area contributed by atoms with Crippen LogP contribution in [-0.4, -0.2) is 23.4 Å². The number of carbonyl (C=O) groups is 1. The second-order valence-corrected chi connectivity index (χ2v) is 7.26. The van der Waals surface area contributed by atoms with E-state index in [0.717, 1.165) is 0 Å². The first-order chi connectivity index (χ1) is 9.53. The van der Waals surface area contributed by atoms with E-state index >= 15 is 0 Å². The first-order valence-electron chi connectivity index (χ1n) is 6.56. The number of amides is 1. The molecule has 2 heterocycles. The normalized spacial score (nSPS) is 11.6. The molecular formula is C15H20N2OS2. The molecule has 0 atom stereocenters. The number of nitrogens with one attached hydrogen (secondary N) is 1. The highest BCUT2D eigenvalue weighted by Crippen LogP contribution is 2.20. The Morgan fingerprint density at radius 2 is 1.65 bits per heavy atom. The van der Waals surface area contributed by atoms with Gasteiger partial charge in [0, 0.05) is 9.75 Å². The molecule has 0 saturated heterocycles. The Hall–Kier alpha value is -1.17. The number of hydrogen-bond donors (Lipinski definition) is 1. The summed E-state index contributed by atoms with van der Waals surface area (Å²) >= 11 is 3.38. The Bertz CT molecular complexity index is 496. The molecule has 2 rings (SSSR count). The van der Waals surface area contributed by atoms with Gasteiger partial charge in [-0.05, 0) is 43.8 Å². The van der Waals surface area contributed by atoms with Crippen molar-refractivity contribution in [3.8, 4) is 0 Å². The summed E-state index contributed by atoms with van der Waals surface area (Å²) in [5.74, 6) is 0.127. The molecule has 1 amide bonds. The Morgan fingerprint density at radius 1 is 1.15 bits per heavy atom. The number of likely N-dealkylation sites (N-methyl/N-ethyl adjacent to an activating group) is 1. The van der Waals surface area contributed by atoms with E-state index < -0.39 is 5.54 Å². The molecule has 2 aromatic heterocycles. The maximum absolute atomic E-state index is 12.7. The van der Waals surface area contributed by atoms with Crippen LogP contribution < -0.4 is 5.32 Å². The second kappa shape index (κ2) is 6.52. The summed E-state index contributed by atoms with van der Waals surface area (Å²) < 4.78 is 0. The molecule has 20 heavy (non-hydrogen) atoms. The van der Waals surface area contributed by atoms with Gasteiger partial charge >= 0.3 is 0 Å². The lowest BCUT2D eigenvalue weighted by atomic mass is 10.0. The first kappa shape index (κ1) is 15.2. The van der Waals surface area contributed by atoms with Crippen molar-refractivity contribution in [2.45, 2.75) is 32.5 Å². The molecular weight excluding hydrogens is 288 g/mol. The molecule has 0 aliphatic rings. The van der Waals surface area contributed by atoms with Gasteiger partial charge in [0.05, 0.1) is 18.6 Å². The van der Waals surface area contributed by atoms with Gasteiger partial charge in [0.25, 0.3) is 0 Å². The minimum absolute atomic E-state index is 0.127. The Balaban J connectivity index is 2.17. The van der Waals surface area contributed by atoms with Crippen molar-refractivity contribution in [2.24, 2.45) is 0 Å². The maximum Gasteiger partial charge on any atom is 0.242 e. The number of thiophene rings is 2. The van der Waals surface area contributed by atoms with Gasteiger partial charge in [-0.1, -0.05) is 12.1 Å². The van der Waals surface area contributed by atoms with E-state index in [1.54, 1.807) is 22.7 Å². The van der Waals surface area contributed by atoms with E-state index in [4.69, 9.17) is 0 Å². The van der Waals surface area contributed by atoms with Crippen LogP contribution in [0, 0.1) is 0 Å². The van der Waals surface area contributed by atoms with Gasteiger partial charge < -0.3 is 10.2 Å². The van der Waals surface area contributed by atoms with Crippen LogP contribution in [0.25, 0.3) is 0 Å². The zero-order valence-electron chi connectivity index (χ0n) is 12.1. The quantitative estimate of drug-likeness (QED) is 0.887. The van der Waals surface area contributed by atoms with Crippen molar-refractivity contribution >= 4 is 28.6 Å². The highest BCUT2D eigenvalue weighted by atomic mass is 32.1. The number of rotatable bonds is 6. The zero-order valence-corrected chi connectivity index (χ0v) is 13.7. The lowest BCUT2D eigenvalue weighted by molar-refractivity contribution is -0.138. The van der Waals surface area contributed by atoms with Crippen LogP contribution in [0.15, 0.2) is 35.0 Å². The summed E-state index contributed by atoms with van der Waals surface area (Å²) in [5, 5.41) is 7.19. The molecule has 108 valence electrons. The highest BCUT2D eigenvalue weighted by Gasteiger charge is 2.30. The molecule has 3 nitrogen and oxygen atoms in total. The van der Waals surface area contributed by atoms with Crippen LogP contribution in [0.3, 0.4) is 0 Å². The van der Waals surface area contributed by atoms with E-state index in [0.29, 0.717) is 13.1 Å². The molecule has 0 fully saturated rings. The molecule has 0 spiro atoms. The molecule has 0 saturated carbocycles. The fraction of sp³-hybridized carbons (Fsp3) is 0.400. The molecule has 0 aromatic carbocycles. The predicted octanol–water partition coefficient (Wildman–Crippen LogP) is 3.34. The van der Waals surface area contributed by atoms with Crippen molar-refractivity contribution in [3.05, 3.63) is 44.8 Å². The first-order valence-corrected chi connectivity index (χ1v) is 8.32. The third-order valence-corrected chi connectivity index (χ3v) is 5.02. The molecule has 0 radical (unpaired) electrons. The zero-order chi connectivity index (χ0) is 14.6. The van der Waals surface area contributed by atoms with E-state index in [2.05, 4.69) is 17.4 Å². The fourth-order valence-electron chi connectivity index (χ4n) is 1.88. The van der Waals surface area contributed by atoms with Crippen LogP contribution in [0.2, 0.25) is 0 Å². The predicted molar refractivity (Wildman–Crippen MR) is 86.0 cm³/mol. The summed E-state index contributed by atoms with van der Waals surface area (Å²) in [6.45, 7) is 5.18. The van der Waals surface area contributed by atoms with Gasteiger partial charge in [-0.25, -0.2) is 0 Å². The molecule has 0 unspecified atom stereocenters. The van der Waals surface area contributed by atoms with Crippen LogP contribution in [0.1, 0.15) is 23.6 Å². The summed E-state index contributed by atoms with van der Waals surface area (Å²) in [7, 11) is 1.83. The molecule has 2 aromatic rings. The fourth-order valence-corrected chi connectivity index (χ4v) is 3.32. The maximum atomic E-state index is 12.7. The molecule has 5 heteroatoms. The lowest BCUT2D eigenvalue weighted by Gasteiger charge is -2.31. The van der Waals surface area contributed by atoms with Crippen molar-refractivity contribution in [2.75, 3.05) is 7.05 Å². The van der Waals surface area contributed by atoms with Crippen LogP contribution in [0.4, 0.5) is 0 Å². The van der Waals surface area contributed by atoms with Crippen molar-refractivity contribution in [1.29, 1.82) is 0 Å². The monoisotopic (exact) mass is 308 g/mol. The molecule has 0 aliphatic heterocycles. The third kappa shape index (κ3) is 3.69. The molecule has 0 bridgehead atoms. The number of hydrogen-bond acceptors (Lipinski definition) is 4. The lowest BCUT2D eigenvalue weighted by Crippen LogP contribution is -2.52. The molecule has 1 N–H and O–H groups in total. The minimum Gasteiger partial charge on any atom is -0.331 e. The summed E-state index contributed by atoms with van der Waals surface area (Å²) in [5.41, 5.74) is -0.547. The van der Waals surface area contributed by atoms with Crippen molar-refractivity contribution < 1.29 is 4.79 Å². The smallest absolute Gasteiger partial charge is 0.242 e. The number of carbonyl (C=O) groups excluding carboxylic acids is 1. The summed E-state index contributed by atoms with van der Waals surface area (Å²) in [4.78, 5) is 17.1. The second-order valence-electron chi connectivity index (χ2n) is 5.19. The summed E-state index contributed by atoms with van der Waals surface area (Å²) in [6, 6.07) is 8.20. The van der Waals surface area contributed by atoms with E-state index in [-0.39, 0.29) is 5.91 Å². The van der Waals surface area contributed by atoms with E-state index in [1.165, 1.54) is 9.75 Å². The van der Waals surface area contributed by atoms with Gasteiger partial charge in [-0.2, -0.15) is 0 Å². The number of nitrogens with zero attached hydrogens (tertiary/aromatic N) is 1.